The Morgan fingerprint density at radius 3 is 2.20 bits per heavy atom. The Kier molecular flexibility index (Phi) is 8.06. The number of imidazole rings is 1. The number of carbonyl (C=O) groups excluding carboxylic acids is 1. The molecule has 0 bridgehead atoms. The van der Waals surface area contributed by atoms with Crippen LogP contribution in [0.25, 0.3) is 55.7 Å². The molecule has 3 heterocycles. The average molecular weight is 666 g/mol. The minimum absolute atomic E-state index is 0.00936. The third-order valence-corrected chi connectivity index (χ3v) is 10.1. The van der Waals surface area contributed by atoms with Crippen LogP contribution in [0.2, 0.25) is 0 Å². The second-order valence-electron chi connectivity index (χ2n) is 13.3. The monoisotopic (exact) mass is 665 g/mol. The van der Waals surface area contributed by atoms with Gasteiger partial charge >= 0.3 is 5.97 Å². The quantitative estimate of drug-likeness (QED) is 0.133. The van der Waals surface area contributed by atoms with Crippen LogP contribution in [0.4, 0.5) is 5.69 Å². The predicted molar refractivity (Wildman–Crippen MR) is 192 cm³/mol. The fourth-order valence-corrected chi connectivity index (χ4v) is 7.57. The molecule has 2 aliphatic rings. The van der Waals surface area contributed by atoms with Crippen LogP contribution in [0, 0.1) is 10.1 Å². The van der Waals surface area contributed by atoms with Gasteiger partial charge in [-0.3, -0.25) is 14.9 Å². The van der Waals surface area contributed by atoms with Gasteiger partial charge in [0, 0.05) is 53.3 Å². The highest BCUT2D eigenvalue weighted by atomic mass is 16.6. The lowest BCUT2D eigenvalue weighted by atomic mass is 9.94. The van der Waals surface area contributed by atoms with Gasteiger partial charge in [0.25, 0.3) is 11.6 Å². The molecule has 1 aliphatic heterocycles. The van der Waals surface area contributed by atoms with E-state index in [1.54, 1.807) is 24.3 Å². The van der Waals surface area contributed by atoms with Crippen LogP contribution < -0.4 is 0 Å². The molecule has 0 spiro atoms. The van der Waals surface area contributed by atoms with Gasteiger partial charge in [0.2, 0.25) is 0 Å². The molecule has 1 N–H and O–H groups in total. The number of hydrogen-bond acceptors (Lipinski definition) is 6. The minimum Gasteiger partial charge on any atom is -0.478 e. The normalized spacial score (nSPS) is 15.2. The van der Waals surface area contributed by atoms with E-state index in [1.807, 2.05) is 53.4 Å². The number of hydrogen-bond donors (Lipinski definition) is 1. The summed E-state index contributed by atoms with van der Waals surface area (Å²) in [7, 11) is 0. The van der Waals surface area contributed by atoms with E-state index >= 15 is 0 Å². The maximum absolute atomic E-state index is 13.4. The molecule has 2 aromatic heterocycles. The van der Waals surface area contributed by atoms with Crippen molar-refractivity contribution < 1.29 is 19.6 Å². The van der Waals surface area contributed by atoms with Crippen LogP contribution >= 0.6 is 0 Å². The molecule has 10 heteroatoms. The molecule has 0 unspecified atom stereocenters. The molecule has 0 radical (unpaired) electrons. The van der Waals surface area contributed by atoms with Crippen molar-refractivity contribution in [1.82, 2.24) is 19.4 Å². The molecular weight excluding hydrogens is 630 g/mol. The molecule has 4 aromatic carbocycles. The second kappa shape index (κ2) is 12.9. The molecule has 1 saturated heterocycles. The number of rotatable bonds is 7. The topological polar surface area (TPSA) is 131 Å². The number of aromatic nitrogens is 3. The lowest BCUT2D eigenvalue weighted by Crippen LogP contribution is -2.27. The molecule has 10 nitrogen and oxygen atoms in total. The summed E-state index contributed by atoms with van der Waals surface area (Å²) in [5.74, 6) is -0.175. The summed E-state index contributed by atoms with van der Waals surface area (Å²) in [6.45, 7) is 1.48. The van der Waals surface area contributed by atoms with Crippen LogP contribution in [0.3, 0.4) is 0 Å². The van der Waals surface area contributed by atoms with E-state index in [1.165, 1.54) is 18.6 Å². The van der Waals surface area contributed by atoms with Gasteiger partial charge in [0.1, 0.15) is 5.82 Å². The van der Waals surface area contributed by atoms with Gasteiger partial charge in [-0.15, -0.1) is 0 Å². The number of nitrogens with zero attached hydrogens (tertiary/aromatic N) is 5. The number of pyridine rings is 1. The summed E-state index contributed by atoms with van der Waals surface area (Å²) in [5, 5.41) is 21.9. The second-order valence-corrected chi connectivity index (χ2v) is 13.3. The molecule has 1 saturated carbocycles. The number of amides is 1. The SMILES string of the molecule is O=C(O)c1ccc2c(c1)nc(-c1ccc3nc(-c4cc(C(=O)N5CCCC5)ccc4-c4ccc([N+](=O)[O-])cc4)ccc3c1)n2C1CCCCC1. The van der Waals surface area contributed by atoms with E-state index in [9.17, 15) is 24.8 Å². The fourth-order valence-electron chi connectivity index (χ4n) is 7.57. The number of fused-ring (bicyclic) bond motifs is 2. The third-order valence-electron chi connectivity index (χ3n) is 10.1. The van der Waals surface area contributed by atoms with Crippen LogP contribution in [-0.2, 0) is 0 Å². The number of nitro benzene ring substituents is 1. The number of carbonyl (C=O) groups is 2. The van der Waals surface area contributed by atoms with Crippen LogP contribution in [0.5, 0.6) is 0 Å². The summed E-state index contributed by atoms with van der Waals surface area (Å²) >= 11 is 0. The highest BCUT2D eigenvalue weighted by Crippen LogP contribution is 2.38. The smallest absolute Gasteiger partial charge is 0.335 e. The van der Waals surface area contributed by atoms with Gasteiger partial charge in [-0.25, -0.2) is 14.8 Å². The van der Waals surface area contributed by atoms with E-state index in [-0.39, 0.29) is 23.2 Å². The number of likely N-dealkylation sites (tertiary alicyclic amines) is 1. The van der Waals surface area contributed by atoms with E-state index in [4.69, 9.17) is 9.97 Å². The molecule has 1 aliphatic carbocycles. The highest BCUT2D eigenvalue weighted by molar-refractivity contribution is 5.98. The zero-order valence-electron chi connectivity index (χ0n) is 27.4. The van der Waals surface area contributed by atoms with E-state index in [0.717, 1.165) is 96.1 Å². The van der Waals surface area contributed by atoms with E-state index in [0.29, 0.717) is 16.8 Å². The van der Waals surface area contributed by atoms with Crippen LogP contribution in [0.15, 0.2) is 91.0 Å². The largest absolute Gasteiger partial charge is 0.478 e. The first kappa shape index (κ1) is 31.4. The molecule has 2 fully saturated rings. The van der Waals surface area contributed by atoms with Gasteiger partial charge in [-0.1, -0.05) is 31.4 Å². The zero-order chi connectivity index (χ0) is 34.4. The molecule has 50 heavy (non-hydrogen) atoms. The Morgan fingerprint density at radius 1 is 0.720 bits per heavy atom. The maximum atomic E-state index is 13.4. The standard InChI is InChI=1S/C40H35N5O5/c46-39(43-20-4-5-21-43)28-10-16-32(25-8-14-31(15-9-25)45(49)50)33(23-28)35-18-11-26-22-27(12-17-34(26)41-35)38-42-36-24-29(40(47)48)13-19-37(36)44(38)30-6-2-1-3-7-30/h8-19,22-24,30H,1-7,20-21H2,(H,47,48). The van der Waals surface area contributed by atoms with Crippen molar-refractivity contribution in [3.05, 3.63) is 112 Å². The molecule has 8 rings (SSSR count). The lowest BCUT2D eigenvalue weighted by molar-refractivity contribution is -0.384. The average Bonchev–Trinajstić information content (AvgIpc) is 3.83. The number of carboxylic acid groups (broad SMARTS) is 1. The van der Waals surface area contributed by atoms with Crippen molar-refractivity contribution in [3.63, 3.8) is 0 Å². The van der Waals surface area contributed by atoms with Crippen molar-refractivity contribution in [2.45, 2.75) is 51.0 Å². The third kappa shape index (κ3) is 5.76. The number of benzene rings is 4. The Hall–Kier alpha value is -5.90. The molecule has 250 valence electrons. The minimum atomic E-state index is -0.976. The summed E-state index contributed by atoms with van der Waals surface area (Å²) in [6, 6.07) is 27.5. The van der Waals surface area contributed by atoms with E-state index in [2.05, 4.69) is 10.6 Å². The summed E-state index contributed by atoms with van der Waals surface area (Å²) in [5.41, 5.74) is 7.17. The van der Waals surface area contributed by atoms with Crippen LogP contribution in [0.1, 0.15) is 71.7 Å². The summed E-state index contributed by atoms with van der Waals surface area (Å²) in [6.07, 6.45) is 7.60. The number of carboxylic acids is 1. The molecule has 0 atom stereocenters. The van der Waals surface area contributed by atoms with E-state index < -0.39 is 10.9 Å². The van der Waals surface area contributed by atoms with Crippen molar-refractivity contribution in [1.29, 1.82) is 0 Å². The maximum Gasteiger partial charge on any atom is 0.335 e. The fraction of sp³-hybridized carbons (Fsp3) is 0.250. The summed E-state index contributed by atoms with van der Waals surface area (Å²) < 4.78 is 2.29. The predicted octanol–water partition coefficient (Wildman–Crippen LogP) is 8.93. The Balaban J connectivity index is 1.22. The number of aromatic carboxylic acids is 1. The molecule has 6 aromatic rings. The van der Waals surface area contributed by atoms with Crippen molar-refractivity contribution in [2.24, 2.45) is 0 Å². The van der Waals surface area contributed by atoms with Gasteiger partial charge in [-0.2, -0.15) is 0 Å². The first-order chi connectivity index (χ1) is 24.3. The Bertz CT molecular complexity index is 2300. The van der Waals surface area contributed by atoms with Gasteiger partial charge in [0.05, 0.1) is 32.7 Å². The van der Waals surface area contributed by atoms with Gasteiger partial charge in [0.15, 0.2) is 0 Å². The van der Waals surface area contributed by atoms with Gasteiger partial charge in [-0.05, 0) is 104 Å². The lowest BCUT2D eigenvalue weighted by Gasteiger charge is -2.25. The number of nitro groups is 1. The molecular formula is C40H35N5O5. The van der Waals surface area contributed by atoms with Crippen LogP contribution in [-0.4, -0.2) is 54.4 Å². The van der Waals surface area contributed by atoms with Crippen molar-refractivity contribution in [3.8, 4) is 33.8 Å². The van der Waals surface area contributed by atoms with Crippen molar-refractivity contribution in [2.75, 3.05) is 13.1 Å². The van der Waals surface area contributed by atoms with Gasteiger partial charge < -0.3 is 14.6 Å². The Morgan fingerprint density at radius 2 is 1.46 bits per heavy atom. The summed E-state index contributed by atoms with van der Waals surface area (Å²) in [4.78, 5) is 48.0. The molecule has 1 amide bonds. The Labute approximate surface area is 288 Å². The first-order valence-corrected chi connectivity index (χ1v) is 17.2. The van der Waals surface area contributed by atoms with Crippen molar-refractivity contribution >= 4 is 39.5 Å². The zero-order valence-corrected chi connectivity index (χ0v) is 27.4. The number of non-ortho nitro benzene ring substituents is 1. The first-order valence-electron chi connectivity index (χ1n) is 17.2. The highest BCUT2D eigenvalue weighted by Gasteiger charge is 2.24.